The number of carbonyl (C=O) groups is 7. The van der Waals surface area contributed by atoms with Gasteiger partial charge in [-0.15, -0.1) is 0 Å². The van der Waals surface area contributed by atoms with Crippen molar-refractivity contribution >= 4 is 41.5 Å². The molecule has 1 aromatic carbocycles. The van der Waals surface area contributed by atoms with Gasteiger partial charge in [-0.25, -0.2) is 4.79 Å². The zero-order valence-corrected chi connectivity index (χ0v) is 20.4. The van der Waals surface area contributed by atoms with Crippen molar-refractivity contribution in [3.63, 3.8) is 0 Å². The molecular formula is C23H32N6O9. The highest BCUT2D eigenvalue weighted by molar-refractivity contribution is 5.95. The largest absolute Gasteiger partial charge is 0.481 e. The highest BCUT2D eigenvalue weighted by atomic mass is 16.4. The molecule has 1 aromatic rings. The summed E-state index contributed by atoms with van der Waals surface area (Å²) >= 11 is 0. The lowest BCUT2D eigenvalue weighted by molar-refractivity contribution is -0.142. The van der Waals surface area contributed by atoms with Crippen LogP contribution in [0.25, 0.3) is 0 Å². The third kappa shape index (κ3) is 11.9. The summed E-state index contributed by atoms with van der Waals surface area (Å²) in [6.07, 6.45) is -2.15. The smallest absolute Gasteiger partial charge is 0.326 e. The molecule has 0 radical (unpaired) electrons. The molecule has 0 bridgehead atoms. The van der Waals surface area contributed by atoms with Crippen molar-refractivity contribution in [3.05, 3.63) is 35.9 Å². The zero-order valence-electron chi connectivity index (χ0n) is 20.4. The Kier molecular flexibility index (Phi) is 12.9. The summed E-state index contributed by atoms with van der Waals surface area (Å²) in [5.41, 5.74) is 16.3. The van der Waals surface area contributed by atoms with Gasteiger partial charge in [-0.2, -0.15) is 0 Å². The molecule has 38 heavy (non-hydrogen) atoms. The van der Waals surface area contributed by atoms with Crippen LogP contribution in [0, 0.1) is 0 Å². The van der Waals surface area contributed by atoms with Crippen LogP contribution in [0.4, 0.5) is 0 Å². The average molecular weight is 537 g/mol. The third-order valence-corrected chi connectivity index (χ3v) is 5.25. The second-order valence-corrected chi connectivity index (χ2v) is 8.43. The predicted molar refractivity (Wildman–Crippen MR) is 131 cm³/mol. The molecule has 0 aliphatic rings. The van der Waals surface area contributed by atoms with Crippen LogP contribution in [0.3, 0.4) is 0 Å². The van der Waals surface area contributed by atoms with Crippen LogP contribution in [0.2, 0.25) is 0 Å². The van der Waals surface area contributed by atoms with Gasteiger partial charge in [0.15, 0.2) is 0 Å². The fourth-order valence-corrected chi connectivity index (χ4v) is 3.27. The Hall–Kier alpha value is -4.53. The molecule has 0 heterocycles. The lowest BCUT2D eigenvalue weighted by atomic mass is 10.0. The third-order valence-electron chi connectivity index (χ3n) is 5.25. The van der Waals surface area contributed by atoms with Crippen LogP contribution in [-0.4, -0.2) is 75.9 Å². The minimum Gasteiger partial charge on any atom is -0.481 e. The molecule has 11 N–H and O–H groups in total. The van der Waals surface area contributed by atoms with Crippen molar-refractivity contribution < 1.29 is 43.8 Å². The molecule has 1 rings (SSSR count). The Bertz CT molecular complexity index is 1030. The summed E-state index contributed by atoms with van der Waals surface area (Å²) in [5, 5.41) is 25.4. The number of carbonyl (C=O) groups excluding carboxylic acids is 5. The molecule has 0 spiro atoms. The first-order valence-electron chi connectivity index (χ1n) is 11.5. The van der Waals surface area contributed by atoms with Crippen molar-refractivity contribution in [1.29, 1.82) is 0 Å². The van der Waals surface area contributed by atoms with Crippen molar-refractivity contribution in [1.82, 2.24) is 16.0 Å². The van der Waals surface area contributed by atoms with Gasteiger partial charge in [-0.3, -0.25) is 28.8 Å². The topological polar surface area (TPSA) is 274 Å². The van der Waals surface area contributed by atoms with Gasteiger partial charge in [0.2, 0.25) is 29.5 Å². The van der Waals surface area contributed by atoms with Gasteiger partial charge in [0, 0.05) is 19.3 Å². The standard InChI is InChI=1S/C23H32N6O9/c24-13(11-18(26)31)20(34)27-14(7-9-19(32)33)21(35)29-16(10-12-4-2-1-3-5-12)22(36)28-15(23(37)38)6-8-17(25)30/h1-5,13-16H,6-11,24H2,(H2,25,30)(H2,26,31)(H,27,34)(H,28,36)(H,29,35)(H,32,33)(H,37,38). The Morgan fingerprint density at radius 2 is 1.24 bits per heavy atom. The van der Waals surface area contributed by atoms with Gasteiger partial charge >= 0.3 is 11.9 Å². The molecule has 4 unspecified atom stereocenters. The number of nitrogens with two attached hydrogens (primary N) is 3. The number of amides is 5. The van der Waals surface area contributed by atoms with Gasteiger partial charge in [0.05, 0.1) is 12.5 Å². The molecule has 15 heteroatoms. The highest BCUT2D eigenvalue weighted by Crippen LogP contribution is 2.07. The Morgan fingerprint density at radius 3 is 1.76 bits per heavy atom. The number of primary amides is 2. The minimum atomic E-state index is -1.49. The van der Waals surface area contributed by atoms with Crippen LogP contribution < -0.4 is 33.2 Å². The van der Waals surface area contributed by atoms with Crippen LogP contribution in [0.5, 0.6) is 0 Å². The Labute approximate surface area is 217 Å². The Morgan fingerprint density at radius 1 is 0.711 bits per heavy atom. The highest BCUT2D eigenvalue weighted by Gasteiger charge is 2.31. The fraction of sp³-hybridized carbons (Fsp3) is 0.435. The summed E-state index contributed by atoms with van der Waals surface area (Å²) in [4.78, 5) is 83.2. The maximum Gasteiger partial charge on any atom is 0.326 e. The predicted octanol–water partition coefficient (Wildman–Crippen LogP) is -2.90. The molecule has 0 aromatic heterocycles. The number of hydrogen-bond donors (Lipinski definition) is 8. The molecule has 0 fully saturated rings. The van der Waals surface area contributed by atoms with E-state index in [0.29, 0.717) is 5.56 Å². The molecule has 0 aliphatic carbocycles. The van der Waals surface area contributed by atoms with Crippen LogP contribution >= 0.6 is 0 Å². The second kappa shape index (κ2) is 15.6. The first-order chi connectivity index (χ1) is 17.8. The molecule has 208 valence electrons. The zero-order chi connectivity index (χ0) is 28.8. The van der Waals surface area contributed by atoms with E-state index in [1.807, 2.05) is 0 Å². The van der Waals surface area contributed by atoms with Gasteiger partial charge in [-0.1, -0.05) is 30.3 Å². The van der Waals surface area contributed by atoms with E-state index in [-0.39, 0.29) is 25.7 Å². The van der Waals surface area contributed by atoms with E-state index in [2.05, 4.69) is 16.0 Å². The van der Waals surface area contributed by atoms with E-state index >= 15 is 0 Å². The molecule has 0 saturated heterocycles. The molecule has 0 saturated carbocycles. The number of aliphatic carboxylic acids is 2. The number of hydrogen-bond acceptors (Lipinski definition) is 8. The second-order valence-electron chi connectivity index (χ2n) is 8.43. The number of carboxylic acids is 2. The van der Waals surface area contributed by atoms with E-state index in [4.69, 9.17) is 22.3 Å². The van der Waals surface area contributed by atoms with Gasteiger partial charge < -0.3 is 43.4 Å². The molecule has 5 amide bonds. The minimum absolute atomic E-state index is 0.0959. The van der Waals surface area contributed by atoms with E-state index in [1.165, 1.54) is 0 Å². The first kappa shape index (κ1) is 31.5. The normalized spacial score (nSPS) is 13.7. The van der Waals surface area contributed by atoms with Crippen LogP contribution in [0.15, 0.2) is 30.3 Å². The number of benzene rings is 1. The first-order valence-corrected chi connectivity index (χ1v) is 11.5. The monoisotopic (exact) mass is 536 g/mol. The molecule has 0 aliphatic heterocycles. The quantitative estimate of drug-likeness (QED) is 0.100. The maximum atomic E-state index is 13.1. The lowest BCUT2D eigenvalue weighted by Gasteiger charge is -2.25. The SMILES string of the molecule is NC(=O)CCC(NC(=O)C(Cc1ccccc1)NC(=O)C(CCC(=O)O)NC(=O)C(N)CC(N)=O)C(=O)O. The van der Waals surface area contributed by atoms with Crippen molar-refractivity contribution in [2.45, 2.75) is 62.7 Å². The molecule has 4 atom stereocenters. The fourth-order valence-electron chi connectivity index (χ4n) is 3.27. The maximum absolute atomic E-state index is 13.1. The molecular weight excluding hydrogens is 504 g/mol. The van der Waals surface area contributed by atoms with Crippen LogP contribution in [-0.2, 0) is 40.0 Å². The van der Waals surface area contributed by atoms with E-state index in [0.717, 1.165) is 0 Å². The summed E-state index contributed by atoms with van der Waals surface area (Å²) in [6, 6.07) is 2.66. The van der Waals surface area contributed by atoms with Crippen molar-refractivity contribution in [2.75, 3.05) is 0 Å². The van der Waals surface area contributed by atoms with Crippen LogP contribution in [0.1, 0.15) is 37.7 Å². The van der Waals surface area contributed by atoms with Gasteiger partial charge in [-0.05, 0) is 18.4 Å². The van der Waals surface area contributed by atoms with Gasteiger partial charge in [0.25, 0.3) is 0 Å². The van der Waals surface area contributed by atoms with Crippen molar-refractivity contribution in [2.24, 2.45) is 17.2 Å². The number of carboxylic acid groups (broad SMARTS) is 2. The summed E-state index contributed by atoms with van der Waals surface area (Å²) in [6.45, 7) is 0. The van der Waals surface area contributed by atoms with Gasteiger partial charge in [0.1, 0.15) is 18.1 Å². The van der Waals surface area contributed by atoms with Crippen molar-refractivity contribution in [3.8, 4) is 0 Å². The Balaban J connectivity index is 3.15. The molecule has 15 nitrogen and oxygen atoms in total. The lowest BCUT2D eigenvalue weighted by Crippen LogP contribution is -2.58. The van der Waals surface area contributed by atoms with E-state index in [9.17, 15) is 38.7 Å². The van der Waals surface area contributed by atoms with E-state index < -0.39 is 78.5 Å². The number of nitrogens with one attached hydrogen (secondary N) is 3. The summed E-state index contributed by atoms with van der Waals surface area (Å²) < 4.78 is 0. The average Bonchev–Trinajstić information content (AvgIpc) is 2.83. The van der Waals surface area contributed by atoms with E-state index in [1.54, 1.807) is 30.3 Å². The number of rotatable bonds is 17. The summed E-state index contributed by atoms with van der Waals surface area (Å²) in [7, 11) is 0. The summed E-state index contributed by atoms with van der Waals surface area (Å²) in [5.74, 6) is -7.15.